The highest BCUT2D eigenvalue weighted by Gasteiger charge is 2.45. The summed E-state index contributed by atoms with van der Waals surface area (Å²) in [4.78, 5) is 28.1. The van der Waals surface area contributed by atoms with Gasteiger partial charge >= 0.3 is 6.09 Å². The normalized spacial score (nSPS) is 15.4. The largest absolute Gasteiger partial charge is 0.440 e. The number of anilines is 2. The number of aromatic nitrogens is 4. The molecular weight excluding hydrogens is 462 g/mol. The van der Waals surface area contributed by atoms with Crippen LogP contribution in [-0.4, -0.2) is 56.7 Å². The lowest BCUT2D eigenvalue weighted by atomic mass is 10.0. The van der Waals surface area contributed by atoms with Crippen LogP contribution in [0.2, 0.25) is 0 Å². The van der Waals surface area contributed by atoms with Crippen LogP contribution in [0, 0.1) is 6.92 Å². The Hall–Kier alpha value is -3.50. The third-order valence-electron chi connectivity index (χ3n) is 6.33. The molecule has 2 N–H and O–H groups in total. The Labute approximate surface area is 208 Å². The first-order chi connectivity index (χ1) is 16.7. The Balaban J connectivity index is 1.39. The van der Waals surface area contributed by atoms with Gasteiger partial charge in [0, 0.05) is 17.0 Å². The van der Waals surface area contributed by atoms with E-state index >= 15 is 0 Å². The number of hydrogen-bond acceptors (Lipinski definition) is 8. The van der Waals surface area contributed by atoms with E-state index in [0.717, 1.165) is 31.9 Å². The molecule has 0 aliphatic carbocycles. The van der Waals surface area contributed by atoms with E-state index in [1.165, 1.54) is 0 Å². The summed E-state index contributed by atoms with van der Waals surface area (Å²) in [5, 5.41) is 12.0. The van der Waals surface area contributed by atoms with Gasteiger partial charge in [0.05, 0.1) is 23.2 Å². The van der Waals surface area contributed by atoms with Gasteiger partial charge in [0.25, 0.3) is 0 Å². The quantitative estimate of drug-likeness (QED) is 0.393. The number of aromatic amines is 1. The Morgan fingerprint density at radius 3 is 2.77 bits per heavy atom. The molecule has 0 radical (unpaired) electrons. The number of likely N-dealkylation sites (N-methyl/N-ethyl adjacent to an activating group) is 1. The van der Waals surface area contributed by atoms with E-state index in [1.54, 1.807) is 22.6 Å². The molecule has 0 spiro atoms. The summed E-state index contributed by atoms with van der Waals surface area (Å²) in [6, 6.07) is 11.9. The van der Waals surface area contributed by atoms with E-state index in [0.29, 0.717) is 24.7 Å². The van der Waals surface area contributed by atoms with Crippen molar-refractivity contribution < 1.29 is 9.53 Å². The summed E-state index contributed by atoms with van der Waals surface area (Å²) in [5.41, 5.74) is 2.16. The molecule has 0 saturated carbocycles. The van der Waals surface area contributed by atoms with Crippen molar-refractivity contribution in [3.63, 3.8) is 0 Å². The van der Waals surface area contributed by atoms with Crippen LogP contribution in [0.15, 0.2) is 42.7 Å². The first kappa shape index (κ1) is 23.3. The lowest BCUT2D eigenvalue weighted by molar-refractivity contribution is 0.0259. The van der Waals surface area contributed by atoms with Crippen LogP contribution in [0.3, 0.4) is 0 Å². The average Bonchev–Trinajstić information content (AvgIpc) is 3.47. The van der Waals surface area contributed by atoms with Crippen molar-refractivity contribution in [3.8, 4) is 0 Å². The molecule has 4 heterocycles. The molecular formula is C25H29N7O2S. The van der Waals surface area contributed by atoms with Gasteiger partial charge in [0.2, 0.25) is 0 Å². The molecule has 1 aliphatic heterocycles. The number of nitrogens with zero attached hydrogens (tertiary/aromatic N) is 5. The van der Waals surface area contributed by atoms with E-state index in [9.17, 15) is 4.79 Å². The van der Waals surface area contributed by atoms with Crippen LogP contribution in [0.5, 0.6) is 0 Å². The number of nitrogens with one attached hydrogen (secondary N) is 2. The molecule has 1 atom stereocenters. The molecule has 1 aliphatic rings. The zero-order valence-corrected chi connectivity index (χ0v) is 21.3. The van der Waals surface area contributed by atoms with Crippen LogP contribution in [0.1, 0.15) is 41.6 Å². The fourth-order valence-electron chi connectivity index (χ4n) is 4.50. The second-order valence-electron chi connectivity index (χ2n) is 9.54. The number of benzene rings is 1. The smallest absolute Gasteiger partial charge is 0.411 e. The van der Waals surface area contributed by atoms with E-state index in [2.05, 4.69) is 31.5 Å². The summed E-state index contributed by atoms with van der Waals surface area (Å²) < 4.78 is 6.06. The third kappa shape index (κ3) is 4.35. The van der Waals surface area contributed by atoms with Crippen LogP contribution in [0.25, 0.3) is 10.2 Å². The number of aryl methyl sites for hydroxylation is 1. The monoisotopic (exact) mass is 491 g/mol. The number of amides is 1. The van der Waals surface area contributed by atoms with Crippen LogP contribution < -0.4 is 5.32 Å². The first-order valence-corrected chi connectivity index (χ1v) is 12.3. The summed E-state index contributed by atoms with van der Waals surface area (Å²) in [7, 11) is 3.94. The van der Waals surface area contributed by atoms with Crippen molar-refractivity contribution in [2.45, 2.75) is 39.0 Å². The van der Waals surface area contributed by atoms with Gasteiger partial charge in [-0.3, -0.25) is 10.00 Å². The van der Waals surface area contributed by atoms with Gasteiger partial charge in [0.1, 0.15) is 23.1 Å². The first-order valence-electron chi connectivity index (χ1n) is 11.5. The van der Waals surface area contributed by atoms with Gasteiger partial charge in [-0.2, -0.15) is 5.10 Å². The molecule has 1 unspecified atom stereocenters. The van der Waals surface area contributed by atoms with E-state index in [1.807, 2.05) is 70.1 Å². The Bertz CT molecular complexity index is 1360. The molecule has 1 amide bonds. The van der Waals surface area contributed by atoms with Crippen LogP contribution in [0.4, 0.5) is 16.4 Å². The van der Waals surface area contributed by atoms with Crippen molar-refractivity contribution in [2.24, 2.45) is 0 Å². The fraction of sp³-hybridized carbons (Fsp3) is 0.360. The molecule has 5 rings (SSSR count). The summed E-state index contributed by atoms with van der Waals surface area (Å²) in [6.45, 7) is 7.01. The Morgan fingerprint density at radius 2 is 2.03 bits per heavy atom. The Kier molecular flexibility index (Phi) is 5.94. The summed E-state index contributed by atoms with van der Waals surface area (Å²) in [6.07, 6.45) is 0.815. The average molecular weight is 492 g/mol. The maximum Gasteiger partial charge on any atom is 0.411 e. The second kappa shape index (κ2) is 8.94. The third-order valence-corrected chi connectivity index (χ3v) is 7.28. The van der Waals surface area contributed by atoms with Crippen molar-refractivity contribution in [3.05, 3.63) is 64.4 Å². The lowest BCUT2D eigenvalue weighted by Crippen LogP contribution is -2.42. The molecule has 0 bridgehead atoms. The summed E-state index contributed by atoms with van der Waals surface area (Å²) >= 11 is 1.62. The topological polar surface area (TPSA) is 99.3 Å². The highest BCUT2D eigenvalue weighted by atomic mass is 32.1. The predicted octanol–water partition coefficient (Wildman–Crippen LogP) is 4.96. The maximum absolute atomic E-state index is 13.5. The number of fused-ring (bicyclic) bond motifs is 2. The molecule has 182 valence electrons. The molecule has 0 saturated heterocycles. The molecule has 10 heteroatoms. The lowest BCUT2D eigenvalue weighted by Gasteiger charge is -2.33. The number of ether oxygens (including phenoxy) is 1. The van der Waals surface area contributed by atoms with Crippen LogP contribution >= 0.6 is 11.3 Å². The van der Waals surface area contributed by atoms with Crippen molar-refractivity contribution in [2.75, 3.05) is 26.0 Å². The van der Waals surface area contributed by atoms with E-state index < -0.39 is 5.54 Å². The minimum Gasteiger partial charge on any atom is -0.440 e. The molecule has 4 aromatic rings. The summed E-state index contributed by atoms with van der Waals surface area (Å²) in [5.74, 6) is 1.35. The van der Waals surface area contributed by atoms with E-state index in [4.69, 9.17) is 4.74 Å². The minimum absolute atomic E-state index is 0.362. The molecule has 1 aromatic carbocycles. The zero-order valence-electron chi connectivity index (χ0n) is 20.5. The number of rotatable bonds is 6. The van der Waals surface area contributed by atoms with Gasteiger partial charge < -0.3 is 15.0 Å². The minimum atomic E-state index is -0.612. The number of thiophene rings is 1. The number of carbonyl (C=O) groups excluding carboxylic acids is 1. The van der Waals surface area contributed by atoms with E-state index in [-0.39, 0.29) is 12.2 Å². The molecule has 9 nitrogen and oxygen atoms in total. The second-order valence-corrected chi connectivity index (χ2v) is 10.8. The van der Waals surface area contributed by atoms with Gasteiger partial charge in [-0.05, 0) is 46.5 Å². The van der Waals surface area contributed by atoms with Crippen LogP contribution in [-0.2, 0) is 16.8 Å². The van der Waals surface area contributed by atoms with Crippen molar-refractivity contribution in [1.82, 2.24) is 30.0 Å². The van der Waals surface area contributed by atoms with Crippen molar-refractivity contribution in [1.29, 1.82) is 0 Å². The SMILES string of the molecule is Cc1cc2c(Nc3n[nH]c4c3CN(C(=O)OC(CN(C)C)c3ccccc3)C4(C)C)ncnc2s1. The highest BCUT2D eigenvalue weighted by molar-refractivity contribution is 7.18. The van der Waals surface area contributed by atoms with Gasteiger partial charge in [-0.25, -0.2) is 14.8 Å². The Morgan fingerprint density at radius 1 is 1.26 bits per heavy atom. The molecule has 0 fully saturated rings. The number of carbonyl (C=O) groups is 1. The number of H-pyrrole nitrogens is 1. The zero-order chi connectivity index (χ0) is 24.7. The number of hydrogen-bond donors (Lipinski definition) is 2. The predicted molar refractivity (Wildman–Crippen MR) is 137 cm³/mol. The van der Waals surface area contributed by atoms with Crippen molar-refractivity contribution >= 4 is 39.3 Å². The molecule has 3 aromatic heterocycles. The standard InChI is InChI=1S/C25H29N7O2S/c1-15-11-17-21(26-14-27-23(17)35-15)28-22-18-12-32(25(2,3)20(18)29-30-22)24(33)34-19(13-31(4)5)16-9-7-6-8-10-16/h6-11,14,19H,12-13H2,1-5H3,(H2,26,27,28,29,30). The fourth-order valence-corrected chi connectivity index (χ4v) is 5.34. The molecule has 35 heavy (non-hydrogen) atoms. The van der Waals surface area contributed by atoms with Gasteiger partial charge in [-0.15, -0.1) is 11.3 Å². The van der Waals surface area contributed by atoms with Gasteiger partial charge in [-0.1, -0.05) is 30.3 Å². The maximum atomic E-state index is 13.5. The van der Waals surface area contributed by atoms with Gasteiger partial charge in [0.15, 0.2) is 5.82 Å². The highest BCUT2D eigenvalue weighted by Crippen LogP contribution is 2.42.